The molecule has 0 aliphatic carbocycles. The predicted molar refractivity (Wildman–Crippen MR) is 518 cm³/mol. The van der Waals surface area contributed by atoms with Crippen LogP contribution in [0.1, 0.15) is 0 Å². The lowest BCUT2D eigenvalue weighted by Gasteiger charge is -2.62. The van der Waals surface area contributed by atoms with Crippen molar-refractivity contribution in [3.8, 4) is 0 Å². The van der Waals surface area contributed by atoms with Crippen LogP contribution in [-0.2, 0) is 10.1 Å². The average molecular weight is 4460 g/mol. The van der Waals surface area contributed by atoms with Crippen LogP contribution in [0.5, 0.6) is 0 Å². The van der Waals surface area contributed by atoms with Gasteiger partial charge in [0.2, 0.25) is 0.760 Å². The molecule has 320 valence electrons. The van der Waals surface area contributed by atoms with E-state index in [0.29, 0.717) is 0 Å². The van der Waals surface area contributed by atoms with Gasteiger partial charge in [-0.2, -0.15) is 8.42 Å². The smallest absolute Gasteiger partial charge is 0.284 e. The van der Waals surface area contributed by atoms with E-state index in [1.54, 1.807) is 0 Å². The van der Waals surface area contributed by atoms with Crippen molar-refractivity contribution >= 4 is 756 Å². The standard InChI is InChI=1S/C16HI33O3S/c17-1(18,3(21,22)5(25,26)7(29,30)9(33,34)11(37,38)13(41,42)15(45,46)47)2(19,20)4(23,24)6(27,28)8(31,32)10(35,36)12(39,40)14(43,44)16(48,49)53(50,51)52/h(H,50,51,52). The molecule has 0 aliphatic heterocycles. The lowest BCUT2D eigenvalue weighted by atomic mass is 10.0. The van der Waals surface area contributed by atoms with Gasteiger partial charge in [-0.25, -0.2) is 0 Å². The van der Waals surface area contributed by atoms with Crippen LogP contribution in [0.3, 0.4) is 0 Å². The van der Waals surface area contributed by atoms with Gasteiger partial charge in [-0.3, -0.25) is 4.55 Å². The molecule has 0 aromatic carbocycles. The molecular formula is C16HI33O3S. The molecule has 0 amide bonds. The summed E-state index contributed by atoms with van der Waals surface area (Å²) in [5.74, 6) is 0. The van der Waals surface area contributed by atoms with E-state index in [4.69, 9.17) is 0 Å². The minimum Gasteiger partial charge on any atom is -0.284 e. The van der Waals surface area contributed by atoms with Gasteiger partial charge in [-0.05, 0) is 45.2 Å². The Labute approximate surface area is 761 Å². The van der Waals surface area contributed by atoms with Gasteiger partial charge in [0.05, 0.1) is 0 Å². The summed E-state index contributed by atoms with van der Waals surface area (Å²) in [6, 6.07) is 0. The van der Waals surface area contributed by atoms with Crippen LogP contribution in [0, 0.1) is 0 Å². The third-order valence-electron chi connectivity index (χ3n) is 6.17. The molecule has 0 aliphatic rings. The maximum atomic E-state index is 12.9. The Balaban J connectivity index is 7.81. The van der Waals surface area contributed by atoms with E-state index in [1.807, 2.05) is 45.2 Å². The Morgan fingerprint density at radius 3 is 0.453 bits per heavy atom. The second-order valence-corrected chi connectivity index (χ2v) is 103. The molecule has 0 radical (unpaired) electrons. The highest BCUT2D eigenvalue weighted by atomic mass is 127. The molecule has 0 heterocycles. The Morgan fingerprint density at radius 1 is 0.226 bits per heavy atom. The second-order valence-electron chi connectivity index (χ2n) is 9.53. The molecule has 0 bridgehead atoms. The van der Waals surface area contributed by atoms with Crippen LogP contribution >= 0.6 is 745 Å². The molecule has 0 saturated carbocycles. The topological polar surface area (TPSA) is 54.4 Å². The number of hydrogen-bond donors (Lipinski definition) is 1. The lowest BCUT2D eigenvalue weighted by Crippen LogP contribution is -2.73. The van der Waals surface area contributed by atoms with E-state index in [0.717, 1.165) is 0 Å². The van der Waals surface area contributed by atoms with Crippen molar-refractivity contribution in [1.82, 2.24) is 0 Å². The molecule has 0 saturated heterocycles. The number of alkyl halides is 33. The first-order chi connectivity index (χ1) is 22.0. The minimum atomic E-state index is -4.42. The normalized spacial score (nSPS) is 17.4. The highest BCUT2D eigenvalue weighted by molar-refractivity contribution is 14.3. The molecule has 0 fully saturated rings. The van der Waals surface area contributed by atoms with E-state index in [1.165, 1.54) is 0 Å². The summed E-state index contributed by atoms with van der Waals surface area (Å²) in [5.41, 5.74) is 0. The van der Waals surface area contributed by atoms with Crippen molar-refractivity contribution in [2.24, 2.45) is 0 Å². The SMILES string of the molecule is O=S(=O)(O)C(I)(I)C(I)(I)C(I)(I)C(I)(I)C(I)(I)C(I)(I)C(I)(I)C(I)(I)C(I)(I)C(I)(I)C(I)(I)C(I)(I)C(I)(I)C(I)(I)C(I)(I)C(I)(I)I. The van der Waals surface area contributed by atoms with E-state index < -0.39 is 19.4 Å². The first-order valence-corrected chi connectivity index (χ1v) is 47.7. The van der Waals surface area contributed by atoms with Crippen molar-refractivity contribution in [2.75, 3.05) is 0 Å². The largest absolute Gasteiger partial charge is 0.291 e. The Morgan fingerprint density at radius 2 is 0.340 bits per heavy atom. The van der Waals surface area contributed by atoms with Crippen molar-refractivity contribution in [1.29, 1.82) is 0 Å². The maximum absolute atomic E-state index is 12.9. The highest BCUT2D eigenvalue weighted by Gasteiger charge is 2.83. The number of rotatable bonds is 16. The zero-order valence-corrected chi connectivity index (χ0v) is 94.2. The second kappa shape index (κ2) is 26.9. The molecule has 1 N–H and O–H groups in total. The fourth-order valence-corrected chi connectivity index (χ4v) is 58.4. The molecule has 37 heteroatoms. The van der Waals surface area contributed by atoms with Gasteiger partial charge in [0.15, 0.2) is 0 Å². The summed E-state index contributed by atoms with van der Waals surface area (Å²) in [4.78, 5) is 0. The molecule has 0 unspecified atom stereocenters. The predicted octanol–water partition coefficient (Wildman–Crippen LogP) is 25.3. The van der Waals surface area contributed by atoms with Crippen LogP contribution in [-0.4, -0.2) is 33.2 Å². The van der Waals surface area contributed by atoms with Gasteiger partial charge in [-0.15, -0.1) is 0 Å². The summed E-state index contributed by atoms with van der Waals surface area (Å²) < 4.78 is 29.0. The average Bonchev–Trinajstić information content (AvgIpc) is 2.89. The van der Waals surface area contributed by atoms with E-state index >= 15 is 0 Å². The fourth-order valence-electron chi connectivity index (χ4n) is 2.89. The van der Waals surface area contributed by atoms with E-state index in [9.17, 15) is 13.0 Å². The van der Waals surface area contributed by atoms with Gasteiger partial charge in [-0.1, -0.05) is 700 Å². The number of hydrogen-bond acceptors (Lipinski definition) is 2. The zero-order chi connectivity index (χ0) is 44.5. The van der Waals surface area contributed by atoms with Crippen LogP contribution in [0.2, 0.25) is 0 Å². The van der Waals surface area contributed by atoms with Crippen molar-refractivity contribution < 1.29 is 13.0 Å². The monoisotopic (exact) mass is 4460 g/mol. The van der Waals surface area contributed by atoms with Gasteiger partial charge in [0.1, 0.15) is 19.4 Å². The molecule has 0 atom stereocenters. The summed E-state index contributed by atoms with van der Waals surface area (Å²) in [6.45, 7) is 0. The van der Waals surface area contributed by atoms with Crippen LogP contribution < -0.4 is 0 Å². The highest BCUT2D eigenvalue weighted by Crippen LogP contribution is 2.85. The van der Waals surface area contributed by atoms with Gasteiger partial charge >= 0.3 is 0 Å². The third-order valence-corrected chi connectivity index (χ3v) is 125. The summed E-state index contributed by atoms with van der Waals surface area (Å²) >= 11 is 86.3. The number of halogens is 33. The quantitative estimate of drug-likeness (QED) is 0.0952. The summed E-state index contributed by atoms with van der Waals surface area (Å²) in [7, 11) is -4.42. The lowest BCUT2D eigenvalue weighted by molar-refractivity contribution is 0.477. The van der Waals surface area contributed by atoms with Crippen LogP contribution in [0.25, 0.3) is 0 Å². The third kappa shape index (κ3) is 14.7. The van der Waals surface area contributed by atoms with Gasteiger partial charge in [0, 0.05) is 0 Å². The molecule has 53 heavy (non-hydrogen) atoms. The molecule has 3 nitrogen and oxygen atoms in total. The Hall–Kier alpha value is 24.0. The molecule has 0 spiro atoms. The molecule has 0 aromatic heterocycles. The van der Waals surface area contributed by atoms with E-state index in [2.05, 4.69) is 700 Å². The Bertz CT molecular complexity index is 1480. The van der Waals surface area contributed by atoms with Crippen molar-refractivity contribution in [3.05, 3.63) is 0 Å². The summed E-state index contributed by atoms with van der Waals surface area (Å²) in [6.07, 6.45) is 0. The zero-order valence-electron chi connectivity index (χ0n) is 22.1. The first kappa shape index (κ1) is 77.0. The molecule has 0 aromatic rings. The first-order valence-electron chi connectivity index (χ1n) is 10.7. The van der Waals surface area contributed by atoms with Crippen molar-refractivity contribution in [3.63, 3.8) is 0 Å². The Kier molecular flexibility index (Phi) is 39.1. The van der Waals surface area contributed by atoms with E-state index in [-0.39, 0.29) is 10.9 Å². The van der Waals surface area contributed by atoms with Crippen LogP contribution in [0.15, 0.2) is 0 Å². The maximum Gasteiger partial charge on any atom is 0.291 e. The van der Waals surface area contributed by atoms with Crippen molar-refractivity contribution in [2.45, 2.75) is 20.2 Å². The molecular weight excluding hydrogens is 4460 g/mol. The van der Waals surface area contributed by atoms with Crippen LogP contribution in [0.4, 0.5) is 0 Å². The molecule has 0 rings (SSSR count). The van der Waals surface area contributed by atoms with Gasteiger partial charge in [0.25, 0.3) is 10.1 Å². The summed E-state index contributed by atoms with van der Waals surface area (Å²) in [5, 5.41) is 0. The van der Waals surface area contributed by atoms with Gasteiger partial charge < -0.3 is 0 Å². The fraction of sp³-hybridized carbons (Fsp3) is 1.00. The minimum absolute atomic E-state index is 0.0393.